The molecule has 1 rings (SSSR count). The fraction of sp³-hybridized carbons (Fsp3) is 0.600. The Morgan fingerprint density at radius 3 is 2.26 bits per heavy atom. The Kier molecular flexibility index (Phi) is 7.41. The lowest BCUT2D eigenvalue weighted by Crippen LogP contribution is -2.33. The van der Waals surface area contributed by atoms with Crippen molar-refractivity contribution in [3.8, 4) is 17.2 Å². The van der Waals surface area contributed by atoms with Crippen LogP contribution < -0.4 is 19.5 Å². The summed E-state index contributed by atoms with van der Waals surface area (Å²) in [6, 6.07) is 2.95. The van der Waals surface area contributed by atoms with Gasteiger partial charge in [-0.05, 0) is 31.1 Å². The summed E-state index contributed by atoms with van der Waals surface area (Å²) >= 11 is 0. The molecule has 0 aliphatic rings. The zero-order valence-electron chi connectivity index (χ0n) is 13.3. The number of likely N-dealkylation sites (N-methyl/N-ethyl adjacent to an activating group) is 1. The first-order chi connectivity index (χ1) is 10.9. The highest BCUT2D eigenvalue weighted by atomic mass is 19.3. The largest absolute Gasteiger partial charge is 0.496 e. The van der Waals surface area contributed by atoms with Gasteiger partial charge >= 0.3 is 12.3 Å². The van der Waals surface area contributed by atoms with Crippen molar-refractivity contribution in [1.82, 2.24) is 5.32 Å². The van der Waals surface area contributed by atoms with Gasteiger partial charge in [0.25, 0.3) is 0 Å². The van der Waals surface area contributed by atoms with Crippen LogP contribution in [0.1, 0.15) is 12.5 Å². The molecule has 0 aliphatic carbocycles. The zero-order valence-corrected chi connectivity index (χ0v) is 13.3. The lowest BCUT2D eigenvalue weighted by molar-refractivity contribution is -0.148. The van der Waals surface area contributed by atoms with Gasteiger partial charge in [-0.25, -0.2) is 8.78 Å². The summed E-state index contributed by atoms with van der Waals surface area (Å²) in [4.78, 5) is 0. The first-order valence-corrected chi connectivity index (χ1v) is 7.10. The van der Waals surface area contributed by atoms with Crippen LogP contribution in [0.4, 0.5) is 17.6 Å². The Hall–Kier alpha value is -1.70. The van der Waals surface area contributed by atoms with Crippen molar-refractivity contribution in [3.63, 3.8) is 0 Å². The summed E-state index contributed by atoms with van der Waals surface area (Å²) in [7, 11) is 2.77. The highest BCUT2D eigenvalue weighted by molar-refractivity contribution is 5.51. The number of rotatable bonds is 10. The number of nitrogens with one attached hydrogen (secondary N) is 1. The van der Waals surface area contributed by atoms with E-state index in [1.165, 1.54) is 20.3 Å². The summed E-state index contributed by atoms with van der Waals surface area (Å²) in [6.45, 7) is 2.03. The van der Waals surface area contributed by atoms with Gasteiger partial charge in [-0.1, -0.05) is 6.92 Å². The molecule has 0 spiro atoms. The number of hydrogen-bond acceptors (Lipinski definition) is 4. The van der Waals surface area contributed by atoms with Crippen molar-refractivity contribution < 1.29 is 31.8 Å². The van der Waals surface area contributed by atoms with Crippen LogP contribution in [-0.4, -0.2) is 46.3 Å². The normalized spacial score (nSPS) is 11.7. The molecule has 1 aromatic carbocycles. The van der Waals surface area contributed by atoms with Crippen molar-refractivity contribution in [2.75, 3.05) is 33.9 Å². The molecule has 23 heavy (non-hydrogen) atoms. The maximum atomic E-state index is 13.0. The summed E-state index contributed by atoms with van der Waals surface area (Å²) in [5, 5.41) is 3.15. The van der Waals surface area contributed by atoms with E-state index in [0.717, 1.165) is 12.1 Å². The van der Waals surface area contributed by atoms with Crippen LogP contribution in [0, 0.1) is 0 Å². The number of ether oxygens (including phenoxy) is 3. The zero-order chi connectivity index (χ0) is 17.5. The summed E-state index contributed by atoms with van der Waals surface area (Å²) < 4.78 is 65.4. The van der Waals surface area contributed by atoms with Crippen molar-refractivity contribution in [3.05, 3.63) is 17.7 Å². The molecule has 8 heteroatoms. The van der Waals surface area contributed by atoms with Crippen molar-refractivity contribution in [1.29, 1.82) is 0 Å². The van der Waals surface area contributed by atoms with E-state index in [4.69, 9.17) is 14.2 Å². The van der Waals surface area contributed by atoms with E-state index in [9.17, 15) is 17.6 Å². The van der Waals surface area contributed by atoms with Gasteiger partial charge in [0.05, 0.1) is 14.2 Å². The van der Waals surface area contributed by atoms with Gasteiger partial charge in [-0.3, -0.25) is 0 Å². The van der Waals surface area contributed by atoms with E-state index in [-0.39, 0.29) is 11.5 Å². The second-order valence-corrected chi connectivity index (χ2v) is 4.77. The van der Waals surface area contributed by atoms with E-state index in [0.29, 0.717) is 18.7 Å². The molecule has 4 nitrogen and oxygen atoms in total. The Labute approximate surface area is 132 Å². The number of alkyl halides is 4. The standard InChI is InChI=1S/C15H21F4NO3/c1-4-20-6-5-10-7-12(22-3)13(8-11(10)21-2)23-9-15(18,19)14(16)17/h7-8,14,20H,4-6,9H2,1-3H3. The lowest BCUT2D eigenvalue weighted by atomic mass is 10.1. The average molecular weight is 339 g/mol. The van der Waals surface area contributed by atoms with Crippen molar-refractivity contribution in [2.24, 2.45) is 0 Å². The van der Waals surface area contributed by atoms with Crippen LogP contribution in [0.25, 0.3) is 0 Å². The smallest absolute Gasteiger partial charge is 0.340 e. The molecule has 0 amide bonds. The molecule has 0 bridgehead atoms. The van der Waals surface area contributed by atoms with Crippen LogP contribution in [0.2, 0.25) is 0 Å². The molecule has 0 heterocycles. The molecule has 0 aliphatic heterocycles. The van der Waals surface area contributed by atoms with Crippen LogP contribution in [0.15, 0.2) is 12.1 Å². The molecule has 1 aromatic rings. The van der Waals surface area contributed by atoms with Gasteiger partial charge in [0.1, 0.15) is 5.75 Å². The highest BCUT2D eigenvalue weighted by Gasteiger charge is 2.42. The number of halogens is 4. The average Bonchev–Trinajstić information content (AvgIpc) is 2.53. The summed E-state index contributed by atoms with van der Waals surface area (Å²) in [5.41, 5.74) is 0.790. The molecule has 0 radical (unpaired) electrons. The SMILES string of the molecule is CCNCCc1cc(OC)c(OCC(F)(F)C(F)F)cc1OC. The van der Waals surface area contributed by atoms with E-state index in [1.54, 1.807) is 6.07 Å². The summed E-state index contributed by atoms with van der Waals surface area (Å²) in [5.74, 6) is -3.71. The minimum Gasteiger partial charge on any atom is -0.496 e. The van der Waals surface area contributed by atoms with E-state index < -0.39 is 19.0 Å². The lowest BCUT2D eigenvalue weighted by Gasteiger charge is -2.19. The predicted molar refractivity (Wildman–Crippen MR) is 78.2 cm³/mol. The molecule has 0 saturated carbocycles. The fourth-order valence-electron chi connectivity index (χ4n) is 1.88. The minimum absolute atomic E-state index is 0.0723. The fourth-order valence-corrected chi connectivity index (χ4v) is 1.88. The van der Waals surface area contributed by atoms with Crippen molar-refractivity contribution >= 4 is 0 Å². The second-order valence-electron chi connectivity index (χ2n) is 4.77. The maximum absolute atomic E-state index is 13.0. The first-order valence-electron chi connectivity index (χ1n) is 7.10. The number of methoxy groups -OCH3 is 2. The third-order valence-electron chi connectivity index (χ3n) is 3.13. The predicted octanol–water partition coefficient (Wildman–Crippen LogP) is 3.14. The highest BCUT2D eigenvalue weighted by Crippen LogP contribution is 2.36. The van der Waals surface area contributed by atoms with Crippen LogP contribution in [0.3, 0.4) is 0 Å². The van der Waals surface area contributed by atoms with Crippen LogP contribution >= 0.6 is 0 Å². The van der Waals surface area contributed by atoms with E-state index in [1.807, 2.05) is 6.92 Å². The molecular weight excluding hydrogens is 318 g/mol. The molecular formula is C15H21F4NO3. The van der Waals surface area contributed by atoms with Gasteiger partial charge in [-0.15, -0.1) is 0 Å². The quantitative estimate of drug-likeness (QED) is 0.525. The van der Waals surface area contributed by atoms with Crippen LogP contribution in [0.5, 0.6) is 17.2 Å². The van der Waals surface area contributed by atoms with Gasteiger partial charge in [0.15, 0.2) is 18.1 Å². The Morgan fingerprint density at radius 2 is 1.74 bits per heavy atom. The Bertz CT molecular complexity index is 498. The number of benzene rings is 1. The maximum Gasteiger partial charge on any atom is 0.340 e. The van der Waals surface area contributed by atoms with Gasteiger partial charge in [0, 0.05) is 6.07 Å². The summed E-state index contributed by atoms with van der Waals surface area (Å²) in [6.07, 6.45) is -3.17. The number of hydrogen-bond donors (Lipinski definition) is 1. The van der Waals surface area contributed by atoms with Gasteiger partial charge < -0.3 is 19.5 Å². The molecule has 0 aromatic heterocycles. The molecule has 0 unspecified atom stereocenters. The molecule has 1 N–H and O–H groups in total. The Morgan fingerprint density at radius 1 is 1.09 bits per heavy atom. The van der Waals surface area contributed by atoms with Crippen LogP contribution in [-0.2, 0) is 6.42 Å². The van der Waals surface area contributed by atoms with E-state index >= 15 is 0 Å². The topological polar surface area (TPSA) is 39.7 Å². The van der Waals surface area contributed by atoms with E-state index in [2.05, 4.69) is 5.32 Å². The van der Waals surface area contributed by atoms with Crippen molar-refractivity contribution in [2.45, 2.75) is 25.7 Å². The second kappa shape index (κ2) is 8.81. The third-order valence-corrected chi connectivity index (χ3v) is 3.13. The van der Waals surface area contributed by atoms with Gasteiger partial charge in [-0.2, -0.15) is 8.78 Å². The molecule has 132 valence electrons. The third kappa shape index (κ3) is 5.46. The monoisotopic (exact) mass is 339 g/mol. The molecule has 0 fully saturated rings. The minimum atomic E-state index is -4.23. The Balaban J connectivity index is 2.95. The molecule has 0 atom stereocenters. The first kappa shape index (κ1) is 19.3. The molecule has 0 saturated heterocycles. The van der Waals surface area contributed by atoms with Gasteiger partial charge in [0.2, 0.25) is 0 Å².